The molecule has 122 valence electrons. The molecule has 6 heteroatoms. The van der Waals surface area contributed by atoms with Crippen molar-refractivity contribution in [3.8, 4) is 0 Å². The zero-order valence-electron chi connectivity index (χ0n) is 12.8. The normalized spacial score (nSPS) is 20.9. The first-order chi connectivity index (χ1) is 10.3. The van der Waals surface area contributed by atoms with Crippen molar-refractivity contribution in [2.75, 3.05) is 19.8 Å². The van der Waals surface area contributed by atoms with Gasteiger partial charge in [0.05, 0.1) is 17.6 Å². The number of ether oxygens (including phenoxy) is 1. The van der Waals surface area contributed by atoms with Crippen LogP contribution >= 0.6 is 0 Å². The second-order valence-electron chi connectivity index (χ2n) is 5.67. The van der Waals surface area contributed by atoms with Gasteiger partial charge in [0.2, 0.25) is 0 Å². The average Bonchev–Trinajstić information content (AvgIpc) is 2.69. The predicted octanol–water partition coefficient (Wildman–Crippen LogP) is 3.86. The van der Waals surface area contributed by atoms with Crippen LogP contribution in [0, 0.1) is 11.6 Å². The highest BCUT2D eigenvalue weighted by molar-refractivity contribution is 5.75. The maximum atomic E-state index is 14.6. The Morgan fingerprint density at radius 2 is 1.86 bits per heavy atom. The molecule has 0 spiro atoms. The van der Waals surface area contributed by atoms with Crippen LogP contribution in [0.25, 0.3) is 5.83 Å². The minimum atomic E-state index is -1.48. The zero-order valence-corrected chi connectivity index (χ0v) is 12.8. The molecule has 0 saturated carbocycles. The van der Waals surface area contributed by atoms with E-state index in [9.17, 15) is 17.6 Å². The first-order valence-electron chi connectivity index (χ1n) is 7.21. The summed E-state index contributed by atoms with van der Waals surface area (Å²) in [5.74, 6) is -5.04. The van der Waals surface area contributed by atoms with Crippen LogP contribution in [0.2, 0.25) is 0 Å². The summed E-state index contributed by atoms with van der Waals surface area (Å²) in [7, 11) is 0. The molecule has 0 amide bonds. The molecule has 22 heavy (non-hydrogen) atoms. The Hall–Kier alpha value is -1.40. The average molecular weight is 317 g/mol. The summed E-state index contributed by atoms with van der Waals surface area (Å²) in [5, 5.41) is 3.03. The van der Waals surface area contributed by atoms with Crippen molar-refractivity contribution in [1.82, 2.24) is 5.32 Å². The van der Waals surface area contributed by atoms with E-state index in [0.717, 1.165) is 6.07 Å². The van der Waals surface area contributed by atoms with Crippen molar-refractivity contribution in [3.05, 3.63) is 40.7 Å². The first-order valence-corrected chi connectivity index (χ1v) is 7.21. The lowest BCUT2D eigenvalue weighted by Crippen LogP contribution is -2.44. The Morgan fingerprint density at radius 3 is 2.45 bits per heavy atom. The molecule has 2 nitrogen and oxygen atoms in total. The number of rotatable bonds is 6. The van der Waals surface area contributed by atoms with Crippen LogP contribution < -0.4 is 5.32 Å². The van der Waals surface area contributed by atoms with Crippen molar-refractivity contribution < 1.29 is 22.3 Å². The third-order valence-electron chi connectivity index (χ3n) is 3.81. The van der Waals surface area contributed by atoms with Gasteiger partial charge in [-0.2, -0.15) is 0 Å². The van der Waals surface area contributed by atoms with E-state index in [1.807, 2.05) is 13.8 Å². The van der Waals surface area contributed by atoms with E-state index in [0.29, 0.717) is 6.61 Å². The van der Waals surface area contributed by atoms with Crippen molar-refractivity contribution in [3.63, 3.8) is 0 Å². The lowest BCUT2D eigenvalue weighted by atomic mass is 9.82. The first kappa shape index (κ1) is 17.0. The maximum absolute atomic E-state index is 14.6. The fourth-order valence-corrected chi connectivity index (χ4v) is 2.62. The molecule has 0 aliphatic heterocycles. The maximum Gasteiger partial charge on any atom is 0.169 e. The van der Waals surface area contributed by atoms with E-state index in [4.69, 9.17) is 4.74 Å². The molecule has 1 aliphatic carbocycles. The van der Waals surface area contributed by atoms with Crippen molar-refractivity contribution in [2.24, 2.45) is 0 Å². The molecule has 1 unspecified atom stereocenters. The minimum absolute atomic E-state index is 0.0173. The van der Waals surface area contributed by atoms with E-state index in [-0.39, 0.29) is 24.8 Å². The molecule has 0 bridgehead atoms. The zero-order chi connectivity index (χ0) is 16.5. The third-order valence-corrected chi connectivity index (χ3v) is 3.81. The van der Waals surface area contributed by atoms with Gasteiger partial charge in [0.1, 0.15) is 0 Å². The third kappa shape index (κ3) is 2.65. The SMILES string of the molecule is CCOCC1(CNC(C)C)C(F)=C(F)c2c1ccc(F)c2F. The number of hydrogen-bond donors (Lipinski definition) is 1. The van der Waals surface area contributed by atoms with Crippen LogP contribution in [0.1, 0.15) is 31.9 Å². The standard InChI is InChI=1S/C16H19F4NO/c1-4-22-8-16(7-21-9(2)3)10-5-6-11(17)13(18)12(10)14(19)15(16)20/h5-6,9,21H,4,7-8H2,1-3H3. The Morgan fingerprint density at radius 1 is 1.18 bits per heavy atom. The van der Waals surface area contributed by atoms with Crippen LogP contribution in [0.5, 0.6) is 0 Å². The molecule has 1 aromatic carbocycles. The topological polar surface area (TPSA) is 21.3 Å². The molecule has 0 saturated heterocycles. The summed E-state index contributed by atoms with van der Waals surface area (Å²) in [6.07, 6.45) is 0. The summed E-state index contributed by atoms with van der Waals surface area (Å²) in [5.41, 5.74) is -2.04. The molecule has 0 aromatic heterocycles. The molecule has 1 aromatic rings. The van der Waals surface area contributed by atoms with Gasteiger partial charge >= 0.3 is 0 Å². The quantitative estimate of drug-likeness (QED) is 0.805. The summed E-state index contributed by atoms with van der Waals surface area (Å²) in [4.78, 5) is 0. The summed E-state index contributed by atoms with van der Waals surface area (Å²) in [6.45, 7) is 5.61. The number of benzene rings is 1. The number of nitrogens with one attached hydrogen (secondary N) is 1. The largest absolute Gasteiger partial charge is 0.380 e. The van der Waals surface area contributed by atoms with Gasteiger partial charge < -0.3 is 10.1 Å². The van der Waals surface area contributed by atoms with E-state index in [2.05, 4.69) is 5.32 Å². The van der Waals surface area contributed by atoms with Gasteiger partial charge in [-0.25, -0.2) is 17.6 Å². The highest BCUT2D eigenvalue weighted by Crippen LogP contribution is 2.49. The van der Waals surface area contributed by atoms with Crippen molar-refractivity contribution in [1.29, 1.82) is 0 Å². The van der Waals surface area contributed by atoms with Crippen molar-refractivity contribution in [2.45, 2.75) is 32.2 Å². The number of halogens is 4. The molecule has 1 aliphatic rings. The van der Waals surface area contributed by atoms with Gasteiger partial charge in [0.25, 0.3) is 0 Å². The van der Waals surface area contributed by atoms with E-state index in [1.54, 1.807) is 6.92 Å². The number of fused-ring (bicyclic) bond motifs is 1. The van der Waals surface area contributed by atoms with Gasteiger partial charge in [0.15, 0.2) is 23.3 Å². The smallest absolute Gasteiger partial charge is 0.169 e. The van der Waals surface area contributed by atoms with E-state index < -0.39 is 34.3 Å². The Bertz CT molecular complexity index is 600. The Balaban J connectivity index is 2.57. The van der Waals surface area contributed by atoms with Gasteiger partial charge in [-0.05, 0) is 18.6 Å². The van der Waals surface area contributed by atoms with Gasteiger partial charge in [0, 0.05) is 19.2 Å². The van der Waals surface area contributed by atoms with Gasteiger partial charge in [-0.3, -0.25) is 0 Å². The summed E-state index contributed by atoms with van der Waals surface area (Å²) >= 11 is 0. The van der Waals surface area contributed by atoms with Crippen molar-refractivity contribution >= 4 is 5.83 Å². The van der Waals surface area contributed by atoms with Crippen LogP contribution in [-0.4, -0.2) is 25.8 Å². The second kappa shape index (κ2) is 6.38. The summed E-state index contributed by atoms with van der Waals surface area (Å²) < 4.78 is 61.4. The fraction of sp³-hybridized carbons (Fsp3) is 0.500. The van der Waals surface area contributed by atoms with E-state index in [1.165, 1.54) is 6.07 Å². The lowest BCUT2D eigenvalue weighted by molar-refractivity contribution is 0.0958. The molecule has 2 rings (SSSR count). The molecular weight excluding hydrogens is 298 g/mol. The fourth-order valence-electron chi connectivity index (χ4n) is 2.62. The highest BCUT2D eigenvalue weighted by Gasteiger charge is 2.48. The molecule has 0 heterocycles. The molecular formula is C16H19F4NO. The minimum Gasteiger partial charge on any atom is -0.380 e. The van der Waals surface area contributed by atoms with Gasteiger partial charge in [-0.15, -0.1) is 0 Å². The summed E-state index contributed by atoms with van der Waals surface area (Å²) in [6, 6.07) is 2.13. The molecule has 0 radical (unpaired) electrons. The van der Waals surface area contributed by atoms with Crippen LogP contribution in [0.15, 0.2) is 18.0 Å². The number of hydrogen-bond acceptors (Lipinski definition) is 2. The highest BCUT2D eigenvalue weighted by atomic mass is 19.2. The molecule has 0 fully saturated rings. The van der Waals surface area contributed by atoms with Gasteiger partial charge in [-0.1, -0.05) is 19.9 Å². The second-order valence-corrected chi connectivity index (χ2v) is 5.67. The lowest BCUT2D eigenvalue weighted by Gasteiger charge is -2.31. The predicted molar refractivity (Wildman–Crippen MR) is 76.8 cm³/mol. The molecule has 1 atom stereocenters. The van der Waals surface area contributed by atoms with Crippen LogP contribution in [0.4, 0.5) is 17.6 Å². The van der Waals surface area contributed by atoms with Crippen LogP contribution in [0.3, 0.4) is 0 Å². The Labute approximate surface area is 127 Å². The Kier molecular flexibility index (Phi) is 4.92. The van der Waals surface area contributed by atoms with E-state index >= 15 is 0 Å². The van der Waals surface area contributed by atoms with Crippen LogP contribution in [-0.2, 0) is 10.2 Å². The molecule has 1 N–H and O–H groups in total. The monoisotopic (exact) mass is 317 g/mol.